The van der Waals surface area contributed by atoms with Crippen LogP contribution in [-0.4, -0.2) is 39.3 Å². The third-order valence-corrected chi connectivity index (χ3v) is 6.70. The summed E-state index contributed by atoms with van der Waals surface area (Å²) in [5.74, 6) is -0.275. The highest BCUT2D eigenvalue weighted by Crippen LogP contribution is 2.64. The van der Waals surface area contributed by atoms with Gasteiger partial charge in [-0.25, -0.2) is 9.86 Å². The van der Waals surface area contributed by atoms with Gasteiger partial charge in [-0.1, -0.05) is 35.9 Å². The molecule has 29 heavy (non-hydrogen) atoms. The number of aliphatic hydroxyl groups is 1. The van der Waals surface area contributed by atoms with Crippen molar-refractivity contribution in [2.45, 2.75) is 45.8 Å². The number of Topliss-reactive ketones (excluding diaryl/α,β-unsaturated/α-hetero) is 1. The van der Waals surface area contributed by atoms with Crippen molar-refractivity contribution in [2.75, 3.05) is 6.54 Å². The van der Waals surface area contributed by atoms with Crippen LogP contribution in [-0.2, 0) is 11.3 Å². The Morgan fingerprint density at radius 1 is 1.21 bits per heavy atom. The van der Waals surface area contributed by atoms with Crippen molar-refractivity contribution in [1.82, 2.24) is 10.4 Å². The van der Waals surface area contributed by atoms with E-state index in [2.05, 4.69) is 5.32 Å². The van der Waals surface area contributed by atoms with E-state index in [1.165, 1.54) is 0 Å². The van der Waals surface area contributed by atoms with Crippen molar-refractivity contribution in [3.63, 3.8) is 0 Å². The molecule has 1 fully saturated rings. The lowest BCUT2D eigenvalue weighted by molar-refractivity contribution is -0.137. The Morgan fingerprint density at radius 3 is 2.48 bits per heavy atom. The molecule has 2 amide bonds. The summed E-state index contributed by atoms with van der Waals surface area (Å²) in [6.07, 6.45) is 3.29. The van der Waals surface area contributed by atoms with Gasteiger partial charge in [-0.05, 0) is 62.0 Å². The molecule has 152 valence electrons. The van der Waals surface area contributed by atoms with Crippen LogP contribution in [0.3, 0.4) is 0 Å². The lowest BCUT2D eigenvalue weighted by Crippen LogP contribution is -2.49. The molecule has 1 aromatic rings. The number of rotatable bonds is 4. The number of hydroxylamine groups is 2. The number of hydrogen-bond donors (Lipinski definition) is 3. The highest BCUT2D eigenvalue weighted by Gasteiger charge is 2.65. The largest absolute Gasteiger partial charge is 0.381 e. The molecule has 0 aromatic heterocycles. The van der Waals surface area contributed by atoms with Crippen LogP contribution >= 0.6 is 0 Å². The summed E-state index contributed by atoms with van der Waals surface area (Å²) in [5, 5.41) is 24.6. The second kappa shape index (κ2) is 6.68. The minimum Gasteiger partial charge on any atom is -0.381 e. The maximum atomic E-state index is 13.0. The van der Waals surface area contributed by atoms with Gasteiger partial charge in [0, 0.05) is 17.5 Å². The summed E-state index contributed by atoms with van der Waals surface area (Å²) in [6, 6.07) is 8.85. The smallest absolute Gasteiger partial charge is 0.341 e. The lowest BCUT2D eigenvalue weighted by atomic mass is 9.67. The topological polar surface area (TPSA) is 89.9 Å². The van der Waals surface area contributed by atoms with E-state index in [1.807, 2.05) is 44.2 Å². The zero-order valence-electron chi connectivity index (χ0n) is 17.0. The molecule has 6 nitrogen and oxygen atoms in total. The first-order valence-corrected chi connectivity index (χ1v) is 9.88. The third-order valence-electron chi connectivity index (χ3n) is 6.70. The van der Waals surface area contributed by atoms with Crippen LogP contribution in [0.15, 0.2) is 64.3 Å². The first-order chi connectivity index (χ1) is 13.7. The Morgan fingerprint density at radius 2 is 1.86 bits per heavy atom. The molecule has 1 aromatic carbocycles. The molecule has 0 unspecified atom stereocenters. The highest BCUT2D eigenvalue weighted by atomic mass is 16.5. The predicted molar refractivity (Wildman–Crippen MR) is 108 cm³/mol. The van der Waals surface area contributed by atoms with Crippen molar-refractivity contribution in [3.05, 3.63) is 69.8 Å². The zero-order valence-corrected chi connectivity index (χ0v) is 17.0. The Hall–Kier alpha value is -2.70. The summed E-state index contributed by atoms with van der Waals surface area (Å²) in [4.78, 5) is 25.3. The Bertz CT molecular complexity index is 981. The Kier molecular flexibility index (Phi) is 4.52. The van der Waals surface area contributed by atoms with E-state index in [0.717, 1.165) is 40.7 Å². The van der Waals surface area contributed by atoms with Crippen molar-refractivity contribution < 1.29 is 19.9 Å². The second-order valence-electron chi connectivity index (χ2n) is 8.40. The fourth-order valence-corrected chi connectivity index (χ4v) is 4.70. The lowest BCUT2D eigenvalue weighted by Gasteiger charge is -2.39. The molecule has 0 bridgehead atoms. The predicted octanol–water partition coefficient (Wildman–Crippen LogP) is 3.27. The van der Waals surface area contributed by atoms with Crippen molar-refractivity contribution in [1.29, 1.82) is 0 Å². The summed E-state index contributed by atoms with van der Waals surface area (Å²) in [5.41, 5.74) is 2.82. The molecule has 3 aliphatic carbocycles. The number of benzene rings is 1. The number of amides is 2. The van der Waals surface area contributed by atoms with Crippen molar-refractivity contribution >= 4 is 11.8 Å². The molecule has 0 radical (unpaired) electrons. The van der Waals surface area contributed by atoms with Gasteiger partial charge in [-0.2, -0.15) is 0 Å². The second-order valence-corrected chi connectivity index (χ2v) is 8.40. The average Bonchev–Trinajstić information content (AvgIpc) is 3.46. The van der Waals surface area contributed by atoms with Gasteiger partial charge in [0.2, 0.25) is 0 Å². The first kappa shape index (κ1) is 19.6. The molecule has 0 aliphatic heterocycles. The number of ketones is 1. The quantitative estimate of drug-likeness (QED) is 0.540. The van der Waals surface area contributed by atoms with Gasteiger partial charge in [0.25, 0.3) is 0 Å². The van der Waals surface area contributed by atoms with Crippen LogP contribution < -0.4 is 5.32 Å². The number of carbonyl (C=O) groups excluding carboxylic acids is 2. The fraction of sp³-hybridized carbons (Fsp3) is 0.391. The van der Waals surface area contributed by atoms with E-state index in [0.29, 0.717) is 17.2 Å². The number of carbonyl (C=O) groups is 2. The Balaban J connectivity index is 1.53. The van der Waals surface area contributed by atoms with Gasteiger partial charge < -0.3 is 10.4 Å². The highest BCUT2D eigenvalue weighted by molar-refractivity contribution is 6.10. The molecule has 3 N–H and O–H groups in total. The van der Waals surface area contributed by atoms with Crippen LogP contribution in [0, 0.1) is 5.41 Å². The molecule has 1 atom stereocenters. The monoisotopic (exact) mass is 394 g/mol. The molecule has 6 heteroatoms. The van der Waals surface area contributed by atoms with Gasteiger partial charge in [0.15, 0.2) is 5.78 Å². The van der Waals surface area contributed by atoms with Gasteiger partial charge in [0.05, 0.1) is 6.54 Å². The van der Waals surface area contributed by atoms with Gasteiger partial charge in [-0.15, -0.1) is 0 Å². The minimum absolute atomic E-state index is 0.0232. The van der Waals surface area contributed by atoms with Crippen LogP contribution in [0.2, 0.25) is 0 Å². The number of fused-ring (bicyclic) bond motifs is 1. The standard InChI is InChI=1S/C23H26N2O4/c1-14-11-17-19(15(2)23(9-10-23)22(3,28)20(17)26)18(14)13-25(29)21(27)24-12-16-7-5-4-6-8-16/h4-8,11,28-29H,9-10,12-13H2,1-3H3,(H,24,27)/t22-/m0/s1. The molecule has 1 saturated carbocycles. The van der Waals surface area contributed by atoms with E-state index in [4.69, 9.17) is 0 Å². The van der Waals surface area contributed by atoms with Gasteiger partial charge in [0.1, 0.15) is 5.60 Å². The summed E-state index contributed by atoms with van der Waals surface area (Å²) < 4.78 is 0. The van der Waals surface area contributed by atoms with E-state index in [-0.39, 0.29) is 12.3 Å². The molecular weight excluding hydrogens is 368 g/mol. The SMILES string of the molecule is CC1=C(CN(O)C(=O)NCc2ccccc2)C2=C(C)C3(CC3)[C@@](C)(O)C(=O)C2=C1. The van der Waals surface area contributed by atoms with E-state index >= 15 is 0 Å². The molecule has 3 aliphatic rings. The summed E-state index contributed by atoms with van der Waals surface area (Å²) in [6.45, 7) is 5.70. The molecule has 4 rings (SSSR count). The van der Waals surface area contributed by atoms with Gasteiger partial charge in [-0.3, -0.25) is 10.0 Å². The van der Waals surface area contributed by atoms with E-state index in [1.54, 1.807) is 13.0 Å². The molecule has 1 spiro atoms. The van der Waals surface area contributed by atoms with Crippen molar-refractivity contribution in [2.24, 2.45) is 5.41 Å². The number of nitrogens with zero attached hydrogens (tertiary/aromatic N) is 1. The Labute approximate surface area is 170 Å². The van der Waals surface area contributed by atoms with Crippen LogP contribution in [0.4, 0.5) is 4.79 Å². The summed E-state index contributed by atoms with van der Waals surface area (Å²) >= 11 is 0. The number of hydrogen-bond acceptors (Lipinski definition) is 4. The third kappa shape index (κ3) is 2.94. The van der Waals surface area contributed by atoms with E-state index in [9.17, 15) is 19.9 Å². The minimum atomic E-state index is -1.41. The van der Waals surface area contributed by atoms with Crippen LogP contribution in [0.5, 0.6) is 0 Å². The van der Waals surface area contributed by atoms with Crippen molar-refractivity contribution in [3.8, 4) is 0 Å². The fourth-order valence-electron chi connectivity index (χ4n) is 4.70. The zero-order chi connectivity index (χ0) is 21.0. The number of urea groups is 1. The van der Waals surface area contributed by atoms with Gasteiger partial charge >= 0.3 is 6.03 Å². The molecular formula is C23H26N2O4. The van der Waals surface area contributed by atoms with Crippen LogP contribution in [0.1, 0.15) is 39.2 Å². The van der Waals surface area contributed by atoms with E-state index < -0.39 is 17.0 Å². The maximum Gasteiger partial charge on any atom is 0.341 e. The average molecular weight is 394 g/mol. The normalized spacial score (nSPS) is 24.6. The van der Waals surface area contributed by atoms with Crippen LogP contribution in [0.25, 0.3) is 0 Å². The summed E-state index contributed by atoms with van der Waals surface area (Å²) in [7, 11) is 0. The first-order valence-electron chi connectivity index (χ1n) is 9.88. The maximum absolute atomic E-state index is 13.0. The molecule has 0 saturated heterocycles. The number of allylic oxidation sites excluding steroid dienone is 2. The number of nitrogens with one attached hydrogen (secondary N) is 1. The molecule has 0 heterocycles.